The third kappa shape index (κ3) is 4.75. The molecule has 1 aliphatic rings. The number of fused-ring (bicyclic) bond motifs is 1. The number of nitrogens with two attached hydrogens (primary N) is 1. The summed E-state index contributed by atoms with van der Waals surface area (Å²) in [4.78, 5) is 20.6. The maximum atomic E-state index is 12.1. The lowest BCUT2D eigenvalue weighted by Crippen LogP contribution is -2.49. The number of rotatable bonds is 4. The van der Waals surface area contributed by atoms with Crippen LogP contribution in [-0.2, 0) is 4.79 Å². The maximum absolute atomic E-state index is 12.1. The lowest BCUT2D eigenvalue weighted by atomic mass is 10.1. The molecule has 24 heavy (non-hydrogen) atoms. The van der Waals surface area contributed by atoms with Crippen molar-refractivity contribution in [3.8, 4) is 0 Å². The number of halogens is 2. The van der Waals surface area contributed by atoms with Gasteiger partial charge in [-0.05, 0) is 25.5 Å². The average molecular weight is 375 g/mol. The minimum atomic E-state index is 0. The van der Waals surface area contributed by atoms with E-state index in [4.69, 9.17) is 10.2 Å². The van der Waals surface area contributed by atoms with Crippen molar-refractivity contribution in [2.24, 2.45) is 5.73 Å². The van der Waals surface area contributed by atoms with Crippen molar-refractivity contribution in [3.63, 3.8) is 0 Å². The average Bonchev–Trinajstić information content (AvgIpc) is 2.96. The van der Waals surface area contributed by atoms with E-state index >= 15 is 0 Å². The summed E-state index contributed by atoms with van der Waals surface area (Å²) in [6.07, 6.45) is 1.27. The van der Waals surface area contributed by atoms with Gasteiger partial charge in [-0.3, -0.25) is 4.79 Å². The molecule has 1 fully saturated rings. The predicted molar refractivity (Wildman–Crippen MR) is 100 cm³/mol. The van der Waals surface area contributed by atoms with Crippen LogP contribution in [0.4, 0.5) is 6.01 Å². The van der Waals surface area contributed by atoms with Crippen LogP contribution in [0.25, 0.3) is 11.1 Å². The summed E-state index contributed by atoms with van der Waals surface area (Å²) in [7, 11) is 0. The number of hydrogen-bond donors (Lipinski definition) is 1. The molecule has 1 aliphatic heterocycles. The first-order chi connectivity index (χ1) is 10.6. The molecule has 134 valence electrons. The van der Waals surface area contributed by atoms with Gasteiger partial charge in [-0.1, -0.05) is 12.1 Å². The molecular weight excluding hydrogens is 351 g/mol. The SMILES string of the molecule is CC(N)CCC(=O)N1CCN(c2nc3ccccc3o2)CC1.Cl.Cl. The van der Waals surface area contributed by atoms with E-state index in [9.17, 15) is 4.79 Å². The van der Waals surface area contributed by atoms with E-state index in [-0.39, 0.29) is 36.8 Å². The van der Waals surface area contributed by atoms with E-state index in [1.807, 2.05) is 36.1 Å². The summed E-state index contributed by atoms with van der Waals surface area (Å²) < 4.78 is 5.78. The minimum Gasteiger partial charge on any atom is -0.423 e. The lowest BCUT2D eigenvalue weighted by Gasteiger charge is -2.34. The number of benzene rings is 1. The number of amides is 1. The van der Waals surface area contributed by atoms with Crippen molar-refractivity contribution in [2.75, 3.05) is 31.1 Å². The van der Waals surface area contributed by atoms with Gasteiger partial charge in [-0.2, -0.15) is 4.98 Å². The van der Waals surface area contributed by atoms with Crippen molar-refractivity contribution in [3.05, 3.63) is 24.3 Å². The Kier molecular flexibility index (Phi) is 7.79. The van der Waals surface area contributed by atoms with Gasteiger partial charge in [0.05, 0.1) is 0 Å². The van der Waals surface area contributed by atoms with Crippen molar-refractivity contribution in [1.29, 1.82) is 0 Å². The molecule has 1 atom stereocenters. The van der Waals surface area contributed by atoms with Gasteiger partial charge in [0, 0.05) is 38.6 Å². The summed E-state index contributed by atoms with van der Waals surface area (Å²) in [6, 6.07) is 8.46. The molecule has 2 N–H and O–H groups in total. The van der Waals surface area contributed by atoms with Crippen LogP contribution in [0.15, 0.2) is 28.7 Å². The van der Waals surface area contributed by atoms with E-state index in [0.29, 0.717) is 25.5 Å². The molecule has 0 bridgehead atoms. The highest BCUT2D eigenvalue weighted by atomic mass is 35.5. The highest BCUT2D eigenvalue weighted by Crippen LogP contribution is 2.22. The predicted octanol–water partition coefficient (Wildman–Crippen LogP) is 2.45. The van der Waals surface area contributed by atoms with Crippen LogP contribution in [0.5, 0.6) is 0 Å². The van der Waals surface area contributed by atoms with E-state index in [1.165, 1.54) is 0 Å². The quantitative estimate of drug-likeness (QED) is 0.889. The number of nitrogens with zero attached hydrogens (tertiary/aromatic N) is 3. The van der Waals surface area contributed by atoms with Gasteiger partial charge in [0.25, 0.3) is 6.01 Å². The smallest absolute Gasteiger partial charge is 0.298 e. The number of oxazole rings is 1. The molecule has 3 rings (SSSR count). The normalized spacial score (nSPS) is 15.6. The standard InChI is InChI=1S/C16H22N4O2.2ClH/c1-12(17)6-7-15(21)19-8-10-20(11-9-19)16-18-13-4-2-3-5-14(13)22-16;;/h2-5,12H,6-11,17H2,1H3;2*1H. The Morgan fingerprint density at radius 2 is 1.92 bits per heavy atom. The van der Waals surface area contributed by atoms with Gasteiger partial charge in [0.1, 0.15) is 5.52 Å². The number of carbonyl (C=O) groups is 1. The van der Waals surface area contributed by atoms with Crippen LogP contribution in [0, 0.1) is 0 Å². The third-order valence-electron chi connectivity index (χ3n) is 4.00. The molecule has 1 aromatic heterocycles. The molecule has 6 nitrogen and oxygen atoms in total. The van der Waals surface area contributed by atoms with Gasteiger partial charge < -0.3 is 20.0 Å². The second-order valence-corrected chi connectivity index (χ2v) is 5.85. The van der Waals surface area contributed by atoms with Crippen LogP contribution >= 0.6 is 24.8 Å². The van der Waals surface area contributed by atoms with Crippen molar-refractivity contribution >= 4 is 47.8 Å². The molecule has 1 amide bonds. The molecule has 2 aromatic rings. The van der Waals surface area contributed by atoms with E-state index in [1.54, 1.807) is 0 Å². The number of carbonyl (C=O) groups excluding carboxylic acids is 1. The Morgan fingerprint density at radius 3 is 2.54 bits per heavy atom. The molecule has 8 heteroatoms. The summed E-state index contributed by atoms with van der Waals surface area (Å²) in [5, 5.41) is 0. The molecular formula is C16H24Cl2N4O2. The summed E-state index contributed by atoms with van der Waals surface area (Å²) >= 11 is 0. The van der Waals surface area contributed by atoms with Crippen molar-refractivity contribution in [1.82, 2.24) is 9.88 Å². The van der Waals surface area contributed by atoms with E-state index in [0.717, 1.165) is 30.6 Å². The van der Waals surface area contributed by atoms with Crippen molar-refractivity contribution in [2.45, 2.75) is 25.8 Å². The van der Waals surface area contributed by atoms with Crippen LogP contribution in [0.2, 0.25) is 0 Å². The number of piperazine rings is 1. The van der Waals surface area contributed by atoms with Gasteiger partial charge >= 0.3 is 0 Å². The van der Waals surface area contributed by atoms with Crippen LogP contribution < -0.4 is 10.6 Å². The van der Waals surface area contributed by atoms with Crippen LogP contribution in [-0.4, -0.2) is 48.0 Å². The van der Waals surface area contributed by atoms with E-state index in [2.05, 4.69) is 9.88 Å². The summed E-state index contributed by atoms with van der Waals surface area (Å²) in [6.45, 7) is 4.83. The van der Waals surface area contributed by atoms with E-state index < -0.39 is 0 Å². The number of anilines is 1. The first-order valence-corrected chi connectivity index (χ1v) is 7.77. The second kappa shape index (κ2) is 9.11. The van der Waals surface area contributed by atoms with Gasteiger partial charge in [-0.15, -0.1) is 24.8 Å². The number of para-hydroxylation sites is 2. The molecule has 1 unspecified atom stereocenters. The first kappa shape index (κ1) is 20.5. The Balaban J connectivity index is 0.00000144. The zero-order valence-corrected chi connectivity index (χ0v) is 15.3. The van der Waals surface area contributed by atoms with Gasteiger partial charge in [0.15, 0.2) is 5.58 Å². The fourth-order valence-electron chi connectivity index (χ4n) is 2.65. The number of aromatic nitrogens is 1. The zero-order chi connectivity index (χ0) is 15.5. The monoisotopic (exact) mass is 374 g/mol. The minimum absolute atomic E-state index is 0. The second-order valence-electron chi connectivity index (χ2n) is 5.85. The van der Waals surface area contributed by atoms with Crippen LogP contribution in [0.1, 0.15) is 19.8 Å². The molecule has 1 saturated heterocycles. The molecule has 0 saturated carbocycles. The lowest BCUT2D eigenvalue weighted by molar-refractivity contribution is -0.131. The Hall–Kier alpha value is -1.50. The molecule has 0 spiro atoms. The van der Waals surface area contributed by atoms with Gasteiger partial charge in [0.2, 0.25) is 5.91 Å². The van der Waals surface area contributed by atoms with Crippen molar-refractivity contribution < 1.29 is 9.21 Å². The summed E-state index contributed by atoms with van der Waals surface area (Å²) in [5.74, 6) is 0.189. The number of hydrogen-bond acceptors (Lipinski definition) is 5. The highest BCUT2D eigenvalue weighted by Gasteiger charge is 2.23. The Bertz CT molecular complexity index is 621. The molecule has 2 heterocycles. The molecule has 0 radical (unpaired) electrons. The Morgan fingerprint density at radius 1 is 1.25 bits per heavy atom. The largest absolute Gasteiger partial charge is 0.423 e. The highest BCUT2D eigenvalue weighted by molar-refractivity contribution is 5.85. The van der Waals surface area contributed by atoms with Gasteiger partial charge in [-0.25, -0.2) is 0 Å². The van der Waals surface area contributed by atoms with Crippen LogP contribution in [0.3, 0.4) is 0 Å². The maximum Gasteiger partial charge on any atom is 0.298 e. The Labute approximate surface area is 154 Å². The first-order valence-electron chi connectivity index (χ1n) is 7.77. The molecule has 0 aliphatic carbocycles. The fraction of sp³-hybridized carbons (Fsp3) is 0.500. The third-order valence-corrected chi connectivity index (χ3v) is 4.00. The molecule has 1 aromatic carbocycles. The topological polar surface area (TPSA) is 75.6 Å². The zero-order valence-electron chi connectivity index (χ0n) is 13.7. The summed E-state index contributed by atoms with van der Waals surface area (Å²) in [5.41, 5.74) is 7.37. The fourth-order valence-corrected chi connectivity index (χ4v) is 2.65.